The summed E-state index contributed by atoms with van der Waals surface area (Å²) in [5.41, 5.74) is 9.61. The average Bonchev–Trinajstić information content (AvgIpc) is 2.27. The maximum absolute atomic E-state index is 6.12. The number of nitrogens with two attached hydrogens (primary N) is 1. The normalized spacial score (nSPS) is 21.4. The molecule has 1 heterocycles. The summed E-state index contributed by atoms with van der Waals surface area (Å²) in [4.78, 5) is 2.34. The zero-order valence-corrected chi connectivity index (χ0v) is 12.9. The molecule has 19 heavy (non-hydrogen) atoms. The van der Waals surface area contributed by atoms with E-state index in [4.69, 9.17) is 10.5 Å². The zero-order valence-electron chi connectivity index (χ0n) is 12.9. The summed E-state index contributed by atoms with van der Waals surface area (Å²) in [6.45, 7) is 10.9. The molecular formula is C16H26N2O. The van der Waals surface area contributed by atoms with Gasteiger partial charge >= 0.3 is 0 Å². The van der Waals surface area contributed by atoms with Crippen molar-refractivity contribution in [2.24, 2.45) is 0 Å². The predicted octanol–water partition coefficient (Wildman–Crippen LogP) is 3.78. The number of nitrogens with zero attached hydrogens (tertiary/aromatic N) is 1. The van der Waals surface area contributed by atoms with Crippen molar-refractivity contribution in [3.63, 3.8) is 0 Å². The van der Waals surface area contributed by atoms with Gasteiger partial charge in [-0.15, -0.1) is 0 Å². The number of hydrogen-bond donors (Lipinski definition) is 1. The molecule has 1 atom stereocenters. The average molecular weight is 262 g/mol. The fourth-order valence-electron chi connectivity index (χ4n) is 2.97. The number of ether oxygens (including phenoxy) is 1. The van der Waals surface area contributed by atoms with Crippen LogP contribution in [0, 0.1) is 0 Å². The first-order chi connectivity index (χ1) is 8.72. The van der Waals surface area contributed by atoms with Crippen LogP contribution in [0.25, 0.3) is 0 Å². The molecule has 0 amide bonds. The molecule has 1 unspecified atom stereocenters. The van der Waals surface area contributed by atoms with E-state index < -0.39 is 0 Å². The lowest BCUT2D eigenvalue weighted by molar-refractivity contribution is 0.243. The molecule has 1 aliphatic rings. The highest BCUT2D eigenvalue weighted by Gasteiger charge is 2.34. The summed E-state index contributed by atoms with van der Waals surface area (Å²) >= 11 is 0. The number of hydrogen-bond acceptors (Lipinski definition) is 3. The lowest BCUT2D eigenvalue weighted by Gasteiger charge is -2.45. The molecule has 3 heteroatoms. The molecule has 0 fully saturated rings. The van der Waals surface area contributed by atoms with E-state index in [1.54, 1.807) is 0 Å². The Bertz CT molecular complexity index is 480. The van der Waals surface area contributed by atoms with E-state index in [0.717, 1.165) is 17.9 Å². The maximum atomic E-state index is 6.12. The minimum Gasteiger partial charge on any atom is -0.489 e. The fraction of sp³-hybridized carbons (Fsp3) is 0.625. The monoisotopic (exact) mass is 262 g/mol. The minimum atomic E-state index is 0.139. The largest absolute Gasteiger partial charge is 0.489 e. The van der Waals surface area contributed by atoms with Crippen molar-refractivity contribution in [2.45, 2.75) is 58.6 Å². The molecule has 0 saturated carbocycles. The number of anilines is 2. The third kappa shape index (κ3) is 2.51. The molecule has 1 aromatic carbocycles. The van der Waals surface area contributed by atoms with Crippen molar-refractivity contribution in [1.82, 2.24) is 0 Å². The second-order valence-corrected chi connectivity index (χ2v) is 6.59. The van der Waals surface area contributed by atoms with Crippen LogP contribution in [0.3, 0.4) is 0 Å². The standard InChI is InChI=1S/C16H26N2O/c1-10(2)19-15-8-14-12(7-13(15)17)11(3)9-16(4,5)18(14)6/h7-8,10-11H,9,17H2,1-6H3. The van der Waals surface area contributed by atoms with E-state index in [9.17, 15) is 0 Å². The highest BCUT2D eigenvalue weighted by molar-refractivity contribution is 5.69. The van der Waals surface area contributed by atoms with Crippen LogP contribution in [0.4, 0.5) is 11.4 Å². The second-order valence-electron chi connectivity index (χ2n) is 6.59. The Balaban J connectivity index is 2.50. The topological polar surface area (TPSA) is 38.5 Å². The lowest BCUT2D eigenvalue weighted by Crippen LogP contribution is -2.45. The molecule has 106 valence electrons. The Morgan fingerprint density at radius 1 is 1.37 bits per heavy atom. The molecule has 1 aliphatic heterocycles. The van der Waals surface area contributed by atoms with Crippen molar-refractivity contribution in [3.05, 3.63) is 17.7 Å². The highest BCUT2D eigenvalue weighted by Crippen LogP contribution is 2.45. The summed E-state index contributed by atoms with van der Waals surface area (Å²) in [6, 6.07) is 4.19. The molecule has 0 aromatic heterocycles. The van der Waals surface area contributed by atoms with Crippen molar-refractivity contribution in [3.8, 4) is 5.75 Å². The summed E-state index contributed by atoms with van der Waals surface area (Å²) in [6.07, 6.45) is 1.28. The van der Waals surface area contributed by atoms with Gasteiger partial charge in [0.05, 0.1) is 11.8 Å². The number of rotatable bonds is 2. The van der Waals surface area contributed by atoms with Crippen LogP contribution in [0.15, 0.2) is 12.1 Å². The molecule has 3 nitrogen and oxygen atoms in total. The first kappa shape index (κ1) is 14.0. The number of benzene rings is 1. The van der Waals surface area contributed by atoms with Crippen LogP contribution in [0.1, 0.15) is 52.5 Å². The van der Waals surface area contributed by atoms with Crippen molar-refractivity contribution >= 4 is 11.4 Å². The van der Waals surface area contributed by atoms with Gasteiger partial charge in [0.25, 0.3) is 0 Å². The summed E-state index contributed by atoms with van der Waals surface area (Å²) in [5, 5.41) is 0. The molecule has 0 bridgehead atoms. The van der Waals surface area contributed by atoms with Gasteiger partial charge in [-0.1, -0.05) is 6.92 Å². The lowest BCUT2D eigenvalue weighted by atomic mass is 9.80. The third-order valence-electron chi connectivity index (χ3n) is 4.13. The van der Waals surface area contributed by atoms with Crippen LogP contribution in [0.2, 0.25) is 0 Å². The molecule has 0 aliphatic carbocycles. The van der Waals surface area contributed by atoms with Crippen molar-refractivity contribution < 1.29 is 4.74 Å². The summed E-state index contributed by atoms with van der Waals surface area (Å²) < 4.78 is 5.81. The summed E-state index contributed by atoms with van der Waals surface area (Å²) in [5.74, 6) is 1.32. The van der Waals surface area contributed by atoms with Crippen LogP contribution in [-0.2, 0) is 0 Å². The van der Waals surface area contributed by atoms with Gasteiger partial charge in [0, 0.05) is 24.3 Å². The first-order valence-electron chi connectivity index (χ1n) is 7.06. The van der Waals surface area contributed by atoms with Crippen LogP contribution >= 0.6 is 0 Å². The van der Waals surface area contributed by atoms with Gasteiger partial charge in [-0.3, -0.25) is 0 Å². The number of nitrogen functional groups attached to an aromatic ring is 1. The Labute approximate surface area is 116 Å². The van der Waals surface area contributed by atoms with Gasteiger partial charge < -0.3 is 15.4 Å². The molecule has 2 rings (SSSR count). The van der Waals surface area contributed by atoms with Crippen molar-refractivity contribution in [1.29, 1.82) is 0 Å². The SMILES string of the molecule is CC(C)Oc1cc2c(cc1N)C(C)CC(C)(C)N2C. The van der Waals surface area contributed by atoms with E-state index in [1.165, 1.54) is 11.3 Å². The highest BCUT2D eigenvalue weighted by atomic mass is 16.5. The van der Waals surface area contributed by atoms with Gasteiger partial charge in [-0.25, -0.2) is 0 Å². The fourth-order valence-corrected chi connectivity index (χ4v) is 2.97. The van der Waals surface area contributed by atoms with E-state index in [1.807, 2.05) is 13.8 Å². The van der Waals surface area contributed by atoms with Crippen molar-refractivity contribution in [2.75, 3.05) is 17.7 Å². The molecule has 0 saturated heterocycles. The van der Waals surface area contributed by atoms with Gasteiger partial charge in [0.2, 0.25) is 0 Å². The van der Waals surface area contributed by atoms with Crippen LogP contribution in [-0.4, -0.2) is 18.7 Å². The molecular weight excluding hydrogens is 236 g/mol. The second kappa shape index (κ2) is 4.62. The number of fused-ring (bicyclic) bond motifs is 1. The van der Waals surface area contributed by atoms with E-state index in [0.29, 0.717) is 5.92 Å². The van der Waals surface area contributed by atoms with Gasteiger partial charge in [-0.2, -0.15) is 0 Å². The van der Waals surface area contributed by atoms with Gasteiger partial charge in [-0.05, 0) is 51.7 Å². The van der Waals surface area contributed by atoms with E-state index >= 15 is 0 Å². The maximum Gasteiger partial charge on any atom is 0.144 e. The van der Waals surface area contributed by atoms with Crippen LogP contribution < -0.4 is 15.4 Å². The quantitative estimate of drug-likeness (QED) is 0.824. The van der Waals surface area contributed by atoms with Gasteiger partial charge in [0.15, 0.2) is 0 Å². The predicted molar refractivity (Wildman–Crippen MR) is 82.1 cm³/mol. The van der Waals surface area contributed by atoms with E-state index in [-0.39, 0.29) is 11.6 Å². The van der Waals surface area contributed by atoms with Gasteiger partial charge in [0.1, 0.15) is 5.75 Å². The minimum absolute atomic E-state index is 0.139. The molecule has 0 spiro atoms. The van der Waals surface area contributed by atoms with E-state index in [2.05, 4.69) is 44.9 Å². The molecule has 2 N–H and O–H groups in total. The molecule has 1 aromatic rings. The summed E-state index contributed by atoms with van der Waals surface area (Å²) in [7, 11) is 2.15. The first-order valence-corrected chi connectivity index (χ1v) is 7.06. The zero-order chi connectivity index (χ0) is 14.4. The Hall–Kier alpha value is -1.38. The Morgan fingerprint density at radius 2 is 2.00 bits per heavy atom. The Morgan fingerprint density at radius 3 is 2.58 bits per heavy atom. The Kier molecular flexibility index (Phi) is 3.41. The smallest absolute Gasteiger partial charge is 0.144 e. The third-order valence-corrected chi connectivity index (χ3v) is 4.13. The molecule has 0 radical (unpaired) electrons. The van der Waals surface area contributed by atoms with Crippen LogP contribution in [0.5, 0.6) is 5.75 Å².